The van der Waals surface area contributed by atoms with Crippen LogP contribution in [-0.2, 0) is 19.3 Å². The van der Waals surface area contributed by atoms with Crippen LogP contribution in [0.25, 0.3) is 0 Å². The fourth-order valence-electron chi connectivity index (χ4n) is 3.03. The molecule has 0 amide bonds. The Kier molecular flexibility index (Phi) is 3.53. The van der Waals surface area contributed by atoms with Crippen LogP contribution in [-0.4, -0.2) is 5.54 Å². The minimum absolute atomic E-state index is 0.169. The standard InChI is InChI=1S/C17H17ClFN/c18-15-9-12(5-6-16(15)19)10-17(20)8-7-13-3-1-2-4-14(13)11-17/h1-6,9H,7-8,10-11,20H2. The summed E-state index contributed by atoms with van der Waals surface area (Å²) in [6.45, 7) is 0. The highest BCUT2D eigenvalue weighted by molar-refractivity contribution is 6.30. The first-order valence-corrected chi connectivity index (χ1v) is 7.23. The number of hydrogen-bond acceptors (Lipinski definition) is 1. The zero-order valence-electron chi connectivity index (χ0n) is 11.2. The molecule has 0 saturated carbocycles. The normalized spacial score (nSPS) is 21.6. The predicted molar refractivity (Wildman–Crippen MR) is 80.5 cm³/mol. The van der Waals surface area contributed by atoms with E-state index in [9.17, 15) is 4.39 Å². The Morgan fingerprint density at radius 3 is 2.65 bits per heavy atom. The fourth-order valence-corrected chi connectivity index (χ4v) is 3.24. The van der Waals surface area contributed by atoms with Crippen molar-refractivity contribution in [3.05, 3.63) is 70.0 Å². The second-order valence-corrected chi connectivity index (χ2v) is 6.14. The van der Waals surface area contributed by atoms with Gasteiger partial charge >= 0.3 is 0 Å². The van der Waals surface area contributed by atoms with Gasteiger partial charge in [0, 0.05) is 5.54 Å². The van der Waals surface area contributed by atoms with Crippen LogP contribution in [0.5, 0.6) is 0 Å². The molecule has 0 saturated heterocycles. The van der Waals surface area contributed by atoms with Crippen molar-refractivity contribution in [3.63, 3.8) is 0 Å². The van der Waals surface area contributed by atoms with Crippen LogP contribution in [0.1, 0.15) is 23.1 Å². The first kappa shape index (κ1) is 13.6. The maximum atomic E-state index is 13.2. The van der Waals surface area contributed by atoms with Crippen molar-refractivity contribution >= 4 is 11.6 Å². The molecule has 0 spiro atoms. The van der Waals surface area contributed by atoms with Crippen molar-refractivity contribution in [2.75, 3.05) is 0 Å². The van der Waals surface area contributed by atoms with Gasteiger partial charge in [0.2, 0.25) is 0 Å². The minimum atomic E-state index is -0.379. The molecule has 1 unspecified atom stereocenters. The molecule has 2 aromatic rings. The lowest BCUT2D eigenvalue weighted by Gasteiger charge is -2.35. The average molecular weight is 290 g/mol. The molecule has 0 bridgehead atoms. The molecule has 1 atom stereocenters. The van der Waals surface area contributed by atoms with E-state index in [1.807, 2.05) is 0 Å². The molecule has 2 aromatic carbocycles. The smallest absolute Gasteiger partial charge is 0.141 e. The van der Waals surface area contributed by atoms with Gasteiger partial charge in [-0.25, -0.2) is 4.39 Å². The van der Waals surface area contributed by atoms with E-state index in [4.69, 9.17) is 17.3 Å². The Labute approximate surface area is 123 Å². The van der Waals surface area contributed by atoms with Crippen molar-refractivity contribution in [2.45, 2.75) is 31.2 Å². The number of fused-ring (bicyclic) bond motifs is 1. The summed E-state index contributed by atoms with van der Waals surface area (Å²) in [6.07, 6.45) is 3.53. The summed E-state index contributed by atoms with van der Waals surface area (Å²) in [6, 6.07) is 13.3. The first-order valence-electron chi connectivity index (χ1n) is 6.85. The number of aryl methyl sites for hydroxylation is 1. The van der Waals surface area contributed by atoms with E-state index in [0.717, 1.165) is 31.2 Å². The van der Waals surface area contributed by atoms with Crippen molar-refractivity contribution in [1.29, 1.82) is 0 Å². The van der Waals surface area contributed by atoms with E-state index < -0.39 is 0 Å². The minimum Gasteiger partial charge on any atom is -0.324 e. The summed E-state index contributed by atoms with van der Waals surface area (Å²) in [5.41, 5.74) is 10.0. The molecule has 104 valence electrons. The van der Waals surface area contributed by atoms with Crippen LogP contribution in [0.15, 0.2) is 42.5 Å². The Morgan fingerprint density at radius 1 is 1.15 bits per heavy atom. The zero-order chi connectivity index (χ0) is 14.2. The third-order valence-electron chi connectivity index (χ3n) is 4.09. The molecule has 0 aromatic heterocycles. The molecule has 2 N–H and O–H groups in total. The van der Waals surface area contributed by atoms with Crippen molar-refractivity contribution < 1.29 is 4.39 Å². The van der Waals surface area contributed by atoms with Gasteiger partial charge in [-0.1, -0.05) is 41.9 Å². The number of nitrogens with two attached hydrogens (primary N) is 1. The van der Waals surface area contributed by atoms with Crippen LogP contribution in [0, 0.1) is 5.82 Å². The lowest BCUT2D eigenvalue weighted by atomic mass is 9.75. The van der Waals surface area contributed by atoms with Gasteiger partial charge in [0.05, 0.1) is 5.02 Å². The molecular weight excluding hydrogens is 273 g/mol. The van der Waals surface area contributed by atoms with Gasteiger partial charge in [0.25, 0.3) is 0 Å². The van der Waals surface area contributed by atoms with Crippen LogP contribution < -0.4 is 5.73 Å². The molecule has 20 heavy (non-hydrogen) atoms. The lowest BCUT2D eigenvalue weighted by molar-refractivity contribution is 0.369. The average Bonchev–Trinajstić information content (AvgIpc) is 2.42. The van der Waals surface area contributed by atoms with Crippen LogP contribution in [0.3, 0.4) is 0 Å². The SMILES string of the molecule is NC1(Cc2ccc(F)c(Cl)c2)CCc2ccccc2C1. The number of benzene rings is 2. The molecule has 1 aliphatic rings. The molecule has 1 aliphatic carbocycles. The van der Waals surface area contributed by atoms with Gasteiger partial charge in [-0.2, -0.15) is 0 Å². The fraction of sp³-hybridized carbons (Fsp3) is 0.294. The molecule has 1 nitrogen and oxygen atoms in total. The number of rotatable bonds is 2. The van der Waals surface area contributed by atoms with Gasteiger partial charge in [-0.05, 0) is 54.5 Å². The number of halogens is 2. The zero-order valence-corrected chi connectivity index (χ0v) is 12.0. The van der Waals surface area contributed by atoms with Gasteiger partial charge in [0.15, 0.2) is 0 Å². The van der Waals surface area contributed by atoms with Crippen LogP contribution in [0.4, 0.5) is 4.39 Å². The third kappa shape index (κ3) is 2.72. The van der Waals surface area contributed by atoms with Crippen molar-refractivity contribution in [3.8, 4) is 0 Å². The Bertz CT molecular complexity index is 641. The van der Waals surface area contributed by atoms with E-state index in [1.165, 1.54) is 17.2 Å². The molecular formula is C17H17ClFN. The van der Waals surface area contributed by atoms with Gasteiger partial charge in [-0.3, -0.25) is 0 Å². The van der Waals surface area contributed by atoms with E-state index in [0.29, 0.717) is 0 Å². The van der Waals surface area contributed by atoms with Crippen molar-refractivity contribution in [1.82, 2.24) is 0 Å². The topological polar surface area (TPSA) is 26.0 Å². The molecule has 0 heterocycles. The summed E-state index contributed by atoms with van der Waals surface area (Å²) >= 11 is 5.84. The van der Waals surface area contributed by atoms with Gasteiger partial charge < -0.3 is 5.73 Å². The van der Waals surface area contributed by atoms with E-state index in [-0.39, 0.29) is 16.4 Å². The maximum Gasteiger partial charge on any atom is 0.141 e. The van der Waals surface area contributed by atoms with E-state index >= 15 is 0 Å². The van der Waals surface area contributed by atoms with Crippen LogP contribution in [0.2, 0.25) is 5.02 Å². The largest absolute Gasteiger partial charge is 0.324 e. The lowest BCUT2D eigenvalue weighted by Crippen LogP contribution is -2.47. The van der Waals surface area contributed by atoms with Crippen LogP contribution >= 0.6 is 11.6 Å². The molecule has 0 radical (unpaired) electrons. The third-order valence-corrected chi connectivity index (χ3v) is 4.38. The Morgan fingerprint density at radius 2 is 1.90 bits per heavy atom. The summed E-state index contributed by atoms with van der Waals surface area (Å²) in [4.78, 5) is 0. The maximum absolute atomic E-state index is 13.2. The first-order chi connectivity index (χ1) is 9.56. The molecule has 0 aliphatic heterocycles. The summed E-state index contributed by atoms with van der Waals surface area (Å²) in [5, 5.41) is 0.169. The highest BCUT2D eigenvalue weighted by Gasteiger charge is 2.30. The highest BCUT2D eigenvalue weighted by Crippen LogP contribution is 2.30. The van der Waals surface area contributed by atoms with Crippen molar-refractivity contribution in [2.24, 2.45) is 5.73 Å². The summed E-state index contributed by atoms with van der Waals surface area (Å²) in [5.74, 6) is -0.379. The summed E-state index contributed by atoms with van der Waals surface area (Å²) < 4.78 is 13.2. The second-order valence-electron chi connectivity index (χ2n) is 5.73. The van der Waals surface area contributed by atoms with Gasteiger partial charge in [0.1, 0.15) is 5.82 Å². The quantitative estimate of drug-likeness (QED) is 0.891. The van der Waals surface area contributed by atoms with E-state index in [1.54, 1.807) is 12.1 Å². The predicted octanol–water partition coefficient (Wildman–Crippen LogP) is 3.91. The monoisotopic (exact) mass is 289 g/mol. The highest BCUT2D eigenvalue weighted by atomic mass is 35.5. The Balaban J connectivity index is 1.82. The second kappa shape index (κ2) is 5.19. The molecule has 0 fully saturated rings. The number of hydrogen-bond donors (Lipinski definition) is 1. The molecule has 3 heteroatoms. The molecule has 3 rings (SSSR count). The summed E-state index contributed by atoms with van der Waals surface area (Å²) in [7, 11) is 0. The van der Waals surface area contributed by atoms with Gasteiger partial charge in [-0.15, -0.1) is 0 Å². The Hall–Kier alpha value is -1.38. The van der Waals surface area contributed by atoms with E-state index in [2.05, 4.69) is 24.3 Å².